The van der Waals surface area contributed by atoms with Crippen LogP contribution in [-0.4, -0.2) is 33.1 Å². The zero-order valence-electron chi connectivity index (χ0n) is 13.6. The summed E-state index contributed by atoms with van der Waals surface area (Å²) in [5.41, 5.74) is 0.161. The van der Waals surface area contributed by atoms with Crippen LogP contribution in [0.25, 0.3) is 11.0 Å². The Bertz CT molecular complexity index is 987. The topological polar surface area (TPSA) is 65.6 Å². The van der Waals surface area contributed by atoms with Crippen molar-refractivity contribution in [2.45, 2.75) is 12.1 Å². The Hall–Kier alpha value is -2.64. The maximum atomic E-state index is 13.0. The third-order valence-electron chi connectivity index (χ3n) is 4.36. The fraction of sp³-hybridized carbons (Fsp3) is 0.278. The van der Waals surface area contributed by atoms with E-state index in [0.29, 0.717) is 17.0 Å². The second kappa shape index (κ2) is 5.72. The van der Waals surface area contributed by atoms with Gasteiger partial charge < -0.3 is 14.6 Å². The van der Waals surface area contributed by atoms with Crippen molar-refractivity contribution in [3.8, 4) is 11.5 Å². The summed E-state index contributed by atoms with van der Waals surface area (Å²) in [4.78, 5) is 12.5. The van der Waals surface area contributed by atoms with E-state index in [1.54, 1.807) is 25.2 Å². The van der Waals surface area contributed by atoms with Crippen LogP contribution in [0.4, 0.5) is 4.39 Å². The van der Waals surface area contributed by atoms with Gasteiger partial charge in [0.1, 0.15) is 22.9 Å². The molecule has 0 radical (unpaired) electrons. The molecule has 4 rings (SSSR count). The lowest BCUT2D eigenvalue weighted by atomic mass is 10.0. The van der Waals surface area contributed by atoms with Crippen LogP contribution in [0, 0.1) is 5.82 Å². The number of hydrogen-bond donors (Lipinski definition) is 1. The highest BCUT2D eigenvalue weighted by molar-refractivity contribution is 5.78. The van der Waals surface area contributed by atoms with Gasteiger partial charge in [-0.15, -0.1) is 0 Å². The maximum Gasteiger partial charge on any atom is 0.328 e. The van der Waals surface area contributed by atoms with Gasteiger partial charge in [0.25, 0.3) is 0 Å². The number of halogens is 1. The fourth-order valence-electron chi connectivity index (χ4n) is 2.97. The number of aryl methyl sites for hydroxylation is 1. The van der Waals surface area contributed by atoms with Gasteiger partial charge in [-0.3, -0.25) is 9.13 Å². The average Bonchev–Trinajstić information content (AvgIpc) is 2.80. The summed E-state index contributed by atoms with van der Waals surface area (Å²) in [6.45, 7) is 0.576. The van der Waals surface area contributed by atoms with Crippen LogP contribution in [0.15, 0.2) is 47.3 Å². The minimum absolute atomic E-state index is 0.156. The van der Waals surface area contributed by atoms with Crippen molar-refractivity contribution in [2.24, 2.45) is 7.05 Å². The maximum absolute atomic E-state index is 13.0. The van der Waals surface area contributed by atoms with E-state index in [1.165, 1.54) is 33.4 Å². The van der Waals surface area contributed by atoms with Crippen molar-refractivity contribution < 1.29 is 19.0 Å². The number of hydrogen-bond acceptors (Lipinski definition) is 4. The Morgan fingerprint density at radius 3 is 2.48 bits per heavy atom. The molecule has 3 aromatic rings. The molecule has 7 heteroatoms. The fourth-order valence-corrected chi connectivity index (χ4v) is 2.97. The Morgan fingerprint density at radius 2 is 1.84 bits per heavy atom. The number of ether oxygens (including phenoxy) is 2. The van der Waals surface area contributed by atoms with E-state index in [9.17, 15) is 14.3 Å². The molecular weight excluding hydrogens is 327 g/mol. The molecule has 0 amide bonds. The molecule has 1 fully saturated rings. The minimum atomic E-state index is -1.02. The smallest absolute Gasteiger partial charge is 0.328 e. The number of benzene rings is 2. The number of aliphatic hydroxyl groups is 1. The van der Waals surface area contributed by atoms with E-state index < -0.39 is 5.60 Å². The van der Waals surface area contributed by atoms with Gasteiger partial charge in [0, 0.05) is 13.1 Å². The molecule has 2 heterocycles. The largest absolute Gasteiger partial charge is 0.457 e. The van der Waals surface area contributed by atoms with Crippen LogP contribution >= 0.6 is 0 Å². The highest BCUT2D eigenvalue weighted by Crippen LogP contribution is 2.27. The van der Waals surface area contributed by atoms with Gasteiger partial charge in [0.2, 0.25) is 0 Å². The van der Waals surface area contributed by atoms with E-state index in [4.69, 9.17) is 9.47 Å². The molecule has 0 atom stereocenters. The van der Waals surface area contributed by atoms with Gasteiger partial charge in [-0.2, -0.15) is 0 Å². The Kier molecular flexibility index (Phi) is 3.63. The van der Waals surface area contributed by atoms with Crippen LogP contribution in [0.5, 0.6) is 11.5 Å². The van der Waals surface area contributed by atoms with Gasteiger partial charge in [0.15, 0.2) is 0 Å². The van der Waals surface area contributed by atoms with Gasteiger partial charge in [0.05, 0.1) is 30.8 Å². The highest BCUT2D eigenvalue weighted by Gasteiger charge is 2.37. The minimum Gasteiger partial charge on any atom is -0.457 e. The molecule has 25 heavy (non-hydrogen) atoms. The molecule has 0 unspecified atom stereocenters. The van der Waals surface area contributed by atoms with Gasteiger partial charge in [-0.25, -0.2) is 9.18 Å². The SMILES string of the molecule is Cn1c(=O)n(CC2(O)COC2)c2cc(Oc3ccc(F)cc3)ccc21. The molecule has 0 spiro atoms. The first-order valence-electron chi connectivity index (χ1n) is 7.88. The average molecular weight is 344 g/mol. The lowest BCUT2D eigenvalue weighted by Crippen LogP contribution is -2.53. The van der Waals surface area contributed by atoms with Crippen molar-refractivity contribution >= 4 is 11.0 Å². The number of imidazole rings is 1. The Labute approximate surface area is 142 Å². The van der Waals surface area contributed by atoms with E-state index in [-0.39, 0.29) is 31.3 Å². The van der Waals surface area contributed by atoms with Crippen molar-refractivity contribution in [2.75, 3.05) is 13.2 Å². The van der Waals surface area contributed by atoms with E-state index in [2.05, 4.69) is 0 Å². The Balaban J connectivity index is 1.73. The molecule has 0 aliphatic carbocycles. The first-order chi connectivity index (χ1) is 12.0. The molecule has 1 saturated heterocycles. The normalized spacial score (nSPS) is 16.0. The first-order valence-corrected chi connectivity index (χ1v) is 7.88. The molecule has 1 aromatic heterocycles. The summed E-state index contributed by atoms with van der Waals surface area (Å²) < 4.78 is 26.8. The summed E-state index contributed by atoms with van der Waals surface area (Å²) in [5, 5.41) is 10.3. The molecule has 1 aliphatic heterocycles. The zero-order chi connectivity index (χ0) is 17.6. The summed E-state index contributed by atoms with van der Waals surface area (Å²) in [6, 6.07) is 11.0. The Morgan fingerprint density at radius 1 is 1.16 bits per heavy atom. The third-order valence-corrected chi connectivity index (χ3v) is 4.36. The summed E-state index contributed by atoms with van der Waals surface area (Å²) in [5.74, 6) is 0.683. The van der Waals surface area contributed by atoms with Gasteiger partial charge in [-0.05, 0) is 36.4 Å². The summed E-state index contributed by atoms with van der Waals surface area (Å²) in [6.07, 6.45) is 0. The molecule has 0 bridgehead atoms. The zero-order valence-corrected chi connectivity index (χ0v) is 13.6. The van der Waals surface area contributed by atoms with Crippen LogP contribution < -0.4 is 10.4 Å². The van der Waals surface area contributed by atoms with Crippen molar-refractivity contribution in [1.82, 2.24) is 9.13 Å². The molecular formula is C18H17FN2O4. The second-order valence-corrected chi connectivity index (χ2v) is 6.35. The van der Waals surface area contributed by atoms with Crippen LogP contribution in [0.3, 0.4) is 0 Å². The van der Waals surface area contributed by atoms with E-state index >= 15 is 0 Å². The third kappa shape index (κ3) is 2.81. The summed E-state index contributed by atoms with van der Waals surface area (Å²) in [7, 11) is 1.68. The number of fused-ring (bicyclic) bond motifs is 1. The quantitative estimate of drug-likeness (QED) is 0.787. The predicted octanol–water partition coefficient (Wildman–Crippen LogP) is 2.03. The molecule has 130 valence electrons. The highest BCUT2D eigenvalue weighted by atomic mass is 19.1. The number of aromatic nitrogens is 2. The lowest BCUT2D eigenvalue weighted by Gasteiger charge is -2.36. The van der Waals surface area contributed by atoms with E-state index in [0.717, 1.165) is 5.52 Å². The molecule has 2 aromatic carbocycles. The number of rotatable bonds is 4. The molecule has 1 N–H and O–H groups in total. The van der Waals surface area contributed by atoms with Crippen LogP contribution in [-0.2, 0) is 18.3 Å². The van der Waals surface area contributed by atoms with Crippen molar-refractivity contribution in [1.29, 1.82) is 0 Å². The van der Waals surface area contributed by atoms with E-state index in [1.807, 2.05) is 0 Å². The molecule has 0 saturated carbocycles. The van der Waals surface area contributed by atoms with Crippen LogP contribution in [0.1, 0.15) is 0 Å². The standard InChI is InChI=1S/C18H17FN2O4/c1-20-15-7-6-14(25-13-4-2-12(19)3-5-13)8-16(15)21(17(20)22)9-18(23)10-24-11-18/h2-8,23H,9-11H2,1H3. The molecule has 1 aliphatic rings. The second-order valence-electron chi connectivity index (χ2n) is 6.35. The summed E-state index contributed by atoms with van der Waals surface area (Å²) >= 11 is 0. The molecule has 6 nitrogen and oxygen atoms in total. The number of nitrogens with zero attached hydrogens (tertiary/aromatic N) is 2. The predicted molar refractivity (Wildman–Crippen MR) is 89.4 cm³/mol. The van der Waals surface area contributed by atoms with Crippen molar-refractivity contribution in [3.63, 3.8) is 0 Å². The van der Waals surface area contributed by atoms with Crippen LogP contribution in [0.2, 0.25) is 0 Å². The monoisotopic (exact) mass is 344 g/mol. The van der Waals surface area contributed by atoms with Gasteiger partial charge >= 0.3 is 5.69 Å². The van der Waals surface area contributed by atoms with Gasteiger partial charge in [-0.1, -0.05) is 0 Å². The lowest BCUT2D eigenvalue weighted by molar-refractivity contribution is -0.184. The van der Waals surface area contributed by atoms with Crippen molar-refractivity contribution in [3.05, 3.63) is 58.8 Å². The first kappa shape index (κ1) is 15.9.